The van der Waals surface area contributed by atoms with Crippen LogP contribution in [0.1, 0.15) is 34.6 Å². The van der Waals surface area contributed by atoms with Gasteiger partial charge in [-0.2, -0.15) is 5.10 Å². The SMILES string of the molecule is Cc1nc(Cn2nc(C)c(CC(C)N)c2C)cs1. The second kappa shape index (κ2) is 5.20. The Morgan fingerprint density at radius 1 is 1.39 bits per heavy atom. The first-order valence-corrected chi connectivity index (χ1v) is 7.04. The summed E-state index contributed by atoms with van der Waals surface area (Å²) in [5.74, 6) is 0. The largest absolute Gasteiger partial charge is 0.328 e. The lowest BCUT2D eigenvalue weighted by Gasteiger charge is -2.06. The summed E-state index contributed by atoms with van der Waals surface area (Å²) in [6.45, 7) is 8.96. The summed E-state index contributed by atoms with van der Waals surface area (Å²) in [7, 11) is 0. The van der Waals surface area contributed by atoms with Crippen LogP contribution in [0.15, 0.2) is 5.38 Å². The van der Waals surface area contributed by atoms with Crippen LogP contribution in [0.4, 0.5) is 0 Å². The van der Waals surface area contributed by atoms with Gasteiger partial charge in [0.05, 0.1) is 22.9 Å². The van der Waals surface area contributed by atoms with Crippen molar-refractivity contribution in [3.8, 4) is 0 Å². The van der Waals surface area contributed by atoms with Gasteiger partial charge in [-0.15, -0.1) is 11.3 Å². The number of hydrogen-bond acceptors (Lipinski definition) is 4. The third-order valence-corrected chi connectivity index (χ3v) is 3.86. The molecule has 2 N–H and O–H groups in total. The standard InChI is InChI=1S/C13H20N4S/c1-8(14)5-13-9(2)16-17(10(13)3)6-12-7-18-11(4)15-12/h7-8H,5-6,14H2,1-4H3. The summed E-state index contributed by atoms with van der Waals surface area (Å²) in [5, 5.41) is 7.79. The number of thiazole rings is 1. The van der Waals surface area contributed by atoms with Crippen molar-refractivity contribution >= 4 is 11.3 Å². The lowest BCUT2D eigenvalue weighted by atomic mass is 10.1. The van der Waals surface area contributed by atoms with Crippen LogP contribution in [0, 0.1) is 20.8 Å². The van der Waals surface area contributed by atoms with E-state index >= 15 is 0 Å². The molecule has 18 heavy (non-hydrogen) atoms. The molecule has 0 saturated carbocycles. The number of nitrogens with two attached hydrogens (primary N) is 1. The normalized spacial score (nSPS) is 12.9. The summed E-state index contributed by atoms with van der Waals surface area (Å²) in [6, 6.07) is 0.168. The molecule has 0 amide bonds. The van der Waals surface area contributed by atoms with E-state index in [1.54, 1.807) is 11.3 Å². The van der Waals surface area contributed by atoms with Crippen LogP contribution in [-0.4, -0.2) is 20.8 Å². The number of hydrogen-bond donors (Lipinski definition) is 1. The van der Waals surface area contributed by atoms with E-state index in [0.29, 0.717) is 0 Å². The molecular formula is C13H20N4S. The molecule has 0 aliphatic rings. The van der Waals surface area contributed by atoms with Crippen molar-refractivity contribution in [3.05, 3.63) is 33.0 Å². The van der Waals surface area contributed by atoms with E-state index in [1.165, 1.54) is 11.3 Å². The third kappa shape index (κ3) is 2.79. The minimum Gasteiger partial charge on any atom is -0.328 e. The second-order valence-electron chi connectivity index (χ2n) is 4.85. The summed E-state index contributed by atoms with van der Waals surface area (Å²) in [6.07, 6.45) is 0.883. The molecule has 2 heterocycles. The lowest BCUT2D eigenvalue weighted by Crippen LogP contribution is -2.18. The van der Waals surface area contributed by atoms with Gasteiger partial charge in [-0.3, -0.25) is 4.68 Å². The van der Waals surface area contributed by atoms with Gasteiger partial charge < -0.3 is 5.73 Å². The number of nitrogens with zero attached hydrogens (tertiary/aromatic N) is 3. The Kier molecular flexibility index (Phi) is 3.82. The van der Waals surface area contributed by atoms with Crippen molar-refractivity contribution in [1.29, 1.82) is 0 Å². The van der Waals surface area contributed by atoms with Crippen molar-refractivity contribution in [1.82, 2.24) is 14.8 Å². The van der Waals surface area contributed by atoms with E-state index in [0.717, 1.165) is 29.4 Å². The molecule has 2 aromatic rings. The first kappa shape index (κ1) is 13.2. The molecule has 0 aliphatic carbocycles. The van der Waals surface area contributed by atoms with Crippen molar-refractivity contribution in [2.24, 2.45) is 5.73 Å². The average Bonchev–Trinajstić information content (AvgIpc) is 2.78. The molecule has 1 atom stereocenters. The number of aryl methyl sites for hydroxylation is 2. The van der Waals surface area contributed by atoms with Crippen LogP contribution in [0.3, 0.4) is 0 Å². The molecule has 0 aliphatic heterocycles. The second-order valence-corrected chi connectivity index (χ2v) is 5.91. The molecule has 5 heteroatoms. The Bertz CT molecular complexity index is 539. The van der Waals surface area contributed by atoms with Crippen molar-refractivity contribution < 1.29 is 0 Å². The predicted molar refractivity (Wildman–Crippen MR) is 75.0 cm³/mol. The van der Waals surface area contributed by atoms with Crippen LogP contribution in [0.2, 0.25) is 0 Å². The van der Waals surface area contributed by atoms with Gasteiger partial charge in [-0.1, -0.05) is 0 Å². The molecule has 4 nitrogen and oxygen atoms in total. The van der Waals surface area contributed by atoms with Crippen molar-refractivity contribution in [3.63, 3.8) is 0 Å². The quantitative estimate of drug-likeness (QED) is 0.921. The fourth-order valence-electron chi connectivity index (χ4n) is 2.14. The molecule has 2 aromatic heterocycles. The molecule has 2 rings (SSSR count). The summed E-state index contributed by atoms with van der Waals surface area (Å²) in [5.41, 5.74) is 10.5. The third-order valence-electron chi connectivity index (χ3n) is 3.04. The van der Waals surface area contributed by atoms with Gasteiger partial charge in [0, 0.05) is 17.1 Å². The van der Waals surface area contributed by atoms with E-state index in [2.05, 4.69) is 22.4 Å². The molecule has 0 fully saturated rings. The Balaban J connectivity index is 2.24. The Morgan fingerprint density at radius 2 is 2.11 bits per heavy atom. The fraction of sp³-hybridized carbons (Fsp3) is 0.538. The van der Waals surface area contributed by atoms with Crippen LogP contribution in [0.25, 0.3) is 0 Å². The maximum atomic E-state index is 5.88. The Morgan fingerprint density at radius 3 is 2.67 bits per heavy atom. The summed E-state index contributed by atoms with van der Waals surface area (Å²) < 4.78 is 2.03. The molecule has 0 saturated heterocycles. The molecule has 0 aromatic carbocycles. The van der Waals surface area contributed by atoms with Crippen LogP contribution in [0.5, 0.6) is 0 Å². The molecule has 0 spiro atoms. The number of aromatic nitrogens is 3. The summed E-state index contributed by atoms with van der Waals surface area (Å²) in [4.78, 5) is 4.48. The van der Waals surface area contributed by atoms with Gasteiger partial charge in [0.25, 0.3) is 0 Å². The predicted octanol–water partition coefficient (Wildman–Crippen LogP) is 2.20. The van der Waals surface area contributed by atoms with E-state index < -0.39 is 0 Å². The maximum Gasteiger partial charge on any atom is 0.0898 e. The highest BCUT2D eigenvalue weighted by atomic mass is 32.1. The highest BCUT2D eigenvalue weighted by Crippen LogP contribution is 2.17. The zero-order chi connectivity index (χ0) is 13.3. The molecular weight excluding hydrogens is 244 g/mol. The van der Waals surface area contributed by atoms with E-state index in [4.69, 9.17) is 5.73 Å². The molecule has 98 valence electrons. The van der Waals surface area contributed by atoms with Crippen LogP contribution < -0.4 is 5.73 Å². The first-order chi connectivity index (χ1) is 8.47. The van der Waals surface area contributed by atoms with Crippen LogP contribution >= 0.6 is 11.3 Å². The van der Waals surface area contributed by atoms with Gasteiger partial charge in [0.1, 0.15) is 0 Å². The Labute approximate surface area is 112 Å². The highest BCUT2D eigenvalue weighted by Gasteiger charge is 2.13. The molecule has 1 unspecified atom stereocenters. The van der Waals surface area contributed by atoms with E-state index in [1.807, 2.05) is 25.5 Å². The fourth-order valence-corrected chi connectivity index (χ4v) is 2.74. The van der Waals surface area contributed by atoms with Crippen molar-refractivity contribution in [2.75, 3.05) is 0 Å². The van der Waals surface area contributed by atoms with Crippen LogP contribution in [-0.2, 0) is 13.0 Å². The van der Waals surface area contributed by atoms with E-state index in [9.17, 15) is 0 Å². The lowest BCUT2D eigenvalue weighted by molar-refractivity contribution is 0.646. The number of rotatable bonds is 4. The van der Waals surface area contributed by atoms with Gasteiger partial charge in [0.15, 0.2) is 0 Å². The molecule has 0 radical (unpaired) electrons. The minimum atomic E-state index is 0.168. The topological polar surface area (TPSA) is 56.7 Å². The minimum absolute atomic E-state index is 0.168. The van der Waals surface area contributed by atoms with Gasteiger partial charge in [-0.25, -0.2) is 4.98 Å². The monoisotopic (exact) mass is 264 g/mol. The van der Waals surface area contributed by atoms with E-state index in [-0.39, 0.29) is 6.04 Å². The zero-order valence-electron chi connectivity index (χ0n) is 11.4. The smallest absolute Gasteiger partial charge is 0.0898 e. The van der Waals surface area contributed by atoms with Gasteiger partial charge >= 0.3 is 0 Å². The van der Waals surface area contributed by atoms with Crippen molar-refractivity contribution in [2.45, 2.75) is 46.7 Å². The maximum absolute atomic E-state index is 5.88. The Hall–Kier alpha value is -1.20. The van der Waals surface area contributed by atoms with Gasteiger partial charge in [-0.05, 0) is 39.7 Å². The first-order valence-electron chi connectivity index (χ1n) is 6.17. The highest BCUT2D eigenvalue weighted by molar-refractivity contribution is 7.09. The molecule has 0 bridgehead atoms. The van der Waals surface area contributed by atoms with Gasteiger partial charge in [0.2, 0.25) is 0 Å². The summed E-state index contributed by atoms with van der Waals surface area (Å²) >= 11 is 1.68. The zero-order valence-corrected chi connectivity index (χ0v) is 12.2. The average molecular weight is 264 g/mol.